The van der Waals surface area contributed by atoms with Crippen molar-refractivity contribution < 1.29 is 9.59 Å². The van der Waals surface area contributed by atoms with Crippen LogP contribution in [0.25, 0.3) is 0 Å². The average Bonchev–Trinajstić information content (AvgIpc) is 2.84. The topological polar surface area (TPSA) is 67.2 Å². The molecule has 0 aromatic carbocycles. The van der Waals surface area contributed by atoms with E-state index in [2.05, 4.69) is 24.3 Å². The summed E-state index contributed by atoms with van der Waals surface area (Å²) in [7, 11) is 1.53. The van der Waals surface area contributed by atoms with Crippen molar-refractivity contribution in [2.75, 3.05) is 7.05 Å². The van der Waals surface area contributed by atoms with Crippen LogP contribution in [0, 0.1) is 0 Å². The van der Waals surface area contributed by atoms with E-state index in [0.717, 1.165) is 5.69 Å². The first-order valence-corrected chi connectivity index (χ1v) is 6.57. The number of hydrogen-bond acceptors (Lipinski definition) is 4. The summed E-state index contributed by atoms with van der Waals surface area (Å²) >= 11 is 0. The molecule has 104 valence electrons. The lowest BCUT2D eigenvalue weighted by molar-refractivity contribution is -0.148. The van der Waals surface area contributed by atoms with Crippen LogP contribution < -0.4 is 5.32 Å². The van der Waals surface area contributed by atoms with Gasteiger partial charge >= 0.3 is 0 Å². The Morgan fingerprint density at radius 2 is 2.21 bits per heavy atom. The smallest absolute Gasteiger partial charge is 0.246 e. The summed E-state index contributed by atoms with van der Waals surface area (Å²) in [5, 5.41) is 7.59. The third-order valence-corrected chi connectivity index (χ3v) is 3.37. The fourth-order valence-electron chi connectivity index (χ4n) is 2.09. The molecule has 2 heterocycles. The summed E-state index contributed by atoms with van der Waals surface area (Å²) in [5.74, 6) is -0.258. The number of carbonyl (C=O) groups is 2. The Morgan fingerprint density at radius 1 is 1.47 bits per heavy atom. The van der Waals surface area contributed by atoms with E-state index in [9.17, 15) is 9.59 Å². The number of likely N-dealkylation sites (tertiary alicyclic amines) is 1. The van der Waals surface area contributed by atoms with Gasteiger partial charge in [-0.05, 0) is 26.3 Å². The van der Waals surface area contributed by atoms with Gasteiger partial charge in [0.15, 0.2) is 0 Å². The number of nitrogens with zero attached hydrogens (tertiary/aromatic N) is 3. The number of rotatable bonds is 4. The molecule has 1 fully saturated rings. The third-order valence-electron chi connectivity index (χ3n) is 3.37. The SMILES string of the molecule is CC(C)n1ccc(CNC2CCC(=O)N(C)C2=O)n1. The summed E-state index contributed by atoms with van der Waals surface area (Å²) in [5.41, 5.74) is 0.904. The van der Waals surface area contributed by atoms with E-state index in [1.807, 2.05) is 16.9 Å². The summed E-state index contributed by atoms with van der Waals surface area (Å²) in [4.78, 5) is 24.5. The van der Waals surface area contributed by atoms with E-state index in [-0.39, 0.29) is 17.9 Å². The van der Waals surface area contributed by atoms with Crippen molar-refractivity contribution in [3.63, 3.8) is 0 Å². The van der Waals surface area contributed by atoms with Crippen molar-refractivity contribution >= 4 is 11.8 Å². The molecule has 19 heavy (non-hydrogen) atoms. The molecule has 1 atom stereocenters. The Bertz CT molecular complexity index is 481. The number of piperidine rings is 1. The van der Waals surface area contributed by atoms with E-state index < -0.39 is 0 Å². The molecule has 1 aromatic rings. The van der Waals surface area contributed by atoms with Crippen molar-refractivity contribution in [2.24, 2.45) is 0 Å². The largest absolute Gasteiger partial charge is 0.300 e. The summed E-state index contributed by atoms with van der Waals surface area (Å²) < 4.78 is 1.88. The monoisotopic (exact) mass is 264 g/mol. The normalized spacial score (nSPS) is 20.4. The molecule has 2 rings (SSSR count). The Balaban J connectivity index is 1.91. The maximum Gasteiger partial charge on any atom is 0.246 e. The zero-order valence-electron chi connectivity index (χ0n) is 11.6. The van der Waals surface area contributed by atoms with Crippen LogP contribution in [-0.2, 0) is 16.1 Å². The van der Waals surface area contributed by atoms with Crippen LogP contribution in [0.3, 0.4) is 0 Å². The molecule has 0 saturated carbocycles. The van der Waals surface area contributed by atoms with Gasteiger partial charge in [-0.2, -0.15) is 5.10 Å². The van der Waals surface area contributed by atoms with E-state index in [1.165, 1.54) is 11.9 Å². The molecule has 1 N–H and O–H groups in total. The predicted molar refractivity (Wildman–Crippen MR) is 70.3 cm³/mol. The van der Waals surface area contributed by atoms with Crippen LogP contribution in [0.2, 0.25) is 0 Å². The standard InChI is InChI=1S/C13H20N4O2/c1-9(2)17-7-6-10(15-17)8-14-11-4-5-12(18)16(3)13(11)19/h6-7,9,11,14H,4-5,8H2,1-3H3. The number of hydrogen-bond donors (Lipinski definition) is 1. The quantitative estimate of drug-likeness (QED) is 0.813. The second-order valence-corrected chi connectivity index (χ2v) is 5.14. The predicted octanol–water partition coefficient (Wildman–Crippen LogP) is 0.701. The lowest BCUT2D eigenvalue weighted by Gasteiger charge is -2.28. The number of carbonyl (C=O) groups excluding carboxylic acids is 2. The second kappa shape index (κ2) is 5.52. The van der Waals surface area contributed by atoms with E-state index in [1.54, 1.807) is 0 Å². The third kappa shape index (κ3) is 3.01. The molecule has 1 aliphatic rings. The van der Waals surface area contributed by atoms with Gasteiger partial charge in [0.2, 0.25) is 11.8 Å². The average molecular weight is 264 g/mol. The van der Waals surface area contributed by atoms with Crippen LogP contribution in [0.1, 0.15) is 38.4 Å². The molecule has 0 bridgehead atoms. The Morgan fingerprint density at radius 3 is 2.84 bits per heavy atom. The summed E-state index contributed by atoms with van der Waals surface area (Å²) in [6.07, 6.45) is 2.91. The maximum absolute atomic E-state index is 11.9. The van der Waals surface area contributed by atoms with Gasteiger partial charge in [0, 0.05) is 32.3 Å². The molecular weight excluding hydrogens is 244 g/mol. The van der Waals surface area contributed by atoms with Crippen LogP contribution in [0.15, 0.2) is 12.3 Å². The van der Waals surface area contributed by atoms with Gasteiger partial charge in [-0.15, -0.1) is 0 Å². The molecule has 6 heteroatoms. The number of aromatic nitrogens is 2. The molecule has 0 spiro atoms. The van der Waals surface area contributed by atoms with Crippen LogP contribution in [0.5, 0.6) is 0 Å². The molecule has 1 aromatic heterocycles. The Labute approximate surface area is 112 Å². The van der Waals surface area contributed by atoms with Crippen molar-refractivity contribution in [3.8, 4) is 0 Å². The number of nitrogens with one attached hydrogen (secondary N) is 1. The molecule has 1 aliphatic heterocycles. The Kier molecular flexibility index (Phi) is 3.99. The van der Waals surface area contributed by atoms with Gasteiger partial charge in [0.25, 0.3) is 0 Å². The minimum absolute atomic E-state index is 0.105. The van der Waals surface area contributed by atoms with Gasteiger partial charge in [-0.3, -0.25) is 19.2 Å². The molecule has 2 amide bonds. The highest BCUT2D eigenvalue weighted by Crippen LogP contribution is 2.12. The molecule has 0 aliphatic carbocycles. The van der Waals surface area contributed by atoms with Gasteiger partial charge < -0.3 is 5.32 Å². The van der Waals surface area contributed by atoms with E-state index >= 15 is 0 Å². The summed E-state index contributed by atoms with van der Waals surface area (Å²) in [6.45, 7) is 4.67. The maximum atomic E-state index is 11.9. The van der Waals surface area contributed by atoms with Crippen molar-refractivity contribution in [3.05, 3.63) is 18.0 Å². The molecule has 6 nitrogen and oxygen atoms in total. The first-order chi connectivity index (χ1) is 8.99. The van der Waals surface area contributed by atoms with Gasteiger partial charge in [-0.1, -0.05) is 0 Å². The number of amides is 2. The van der Waals surface area contributed by atoms with Crippen LogP contribution >= 0.6 is 0 Å². The highest BCUT2D eigenvalue weighted by molar-refractivity contribution is 6.00. The highest BCUT2D eigenvalue weighted by Gasteiger charge is 2.31. The minimum atomic E-state index is -0.285. The van der Waals surface area contributed by atoms with Crippen LogP contribution in [0.4, 0.5) is 0 Å². The minimum Gasteiger partial charge on any atom is -0.300 e. The molecule has 1 saturated heterocycles. The van der Waals surface area contributed by atoms with Crippen molar-refractivity contribution in [1.82, 2.24) is 20.0 Å². The number of imide groups is 1. The van der Waals surface area contributed by atoms with Crippen LogP contribution in [-0.4, -0.2) is 39.6 Å². The lowest BCUT2D eigenvalue weighted by Crippen LogP contribution is -2.51. The van der Waals surface area contributed by atoms with Crippen molar-refractivity contribution in [2.45, 2.75) is 45.3 Å². The molecule has 1 unspecified atom stereocenters. The molecular formula is C13H20N4O2. The zero-order chi connectivity index (χ0) is 14.0. The summed E-state index contributed by atoms with van der Waals surface area (Å²) in [6, 6.07) is 1.98. The zero-order valence-corrected chi connectivity index (χ0v) is 11.6. The fourth-order valence-corrected chi connectivity index (χ4v) is 2.09. The number of likely N-dealkylation sites (N-methyl/N-ethyl adjacent to an activating group) is 1. The van der Waals surface area contributed by atoms with E-state index in [0.29, 0.717) is 25.4 Å². The first-order valence-electron chi connectivity index (χ1n) is 6.57. The van der Waals surface area contributed by atoms with Crippen molar-refractivity contribution in [1.29, 1.82) is 0 Å². The first kappa shape index (κ1) is 13.7. The second-order valence-electron chi connectivity index (χ2n) is 5.14. The Hall–Kier alpha value is -1.69. The van der Waals surface area contributed by atoms with Gasteiger partial charge in [-0.25, -0.2) is 0 Å². The highest BCUT2D eigenvalue weighted by atomic mass is 16.2. The lowest BCUT2D eigenvalue weighted by atomic mass is 10.0. The van der Waals surface area contributed by atoms with E-state index in [4.69, 9.17) is 0 Å². The van der Waals surface area contributed by atoms with Gasteiger partial charge in [0.05, 0.1) is 11.7 Å². The van der Waals surface area contributed by atoms with Gasteiger partial charge in [0.1, 0.15) is 0 Å². The fraction of sp³-hybridized carbons (Fsp3) is 0.615. The molecule has 0 radical (unpaired) electrons.